The molecule has 2 rings (SSSR count). The highest BCUT2D eigenvalue weighted by atomic mass is 33.1. The number of rotatable bonds is 12. The molecule has 26 heavy (non-hydrogen) atoms. The van der Waals surface area contributed by atoms with Gasteiger partial charge >= 0.3 is 5.97 Å². The van der Waals surface area contributed by atoms with Crippen LogP contribution >= 0.6 is 21.6 Å². The molecule has 1 aliphatic heterocycles. The van der Waals surface area contributed by atoms with Crippen LogP contribution in [0.5, 0.6) is 0 Å². The van der Waals surface area contributed by atoms with Gasteiger partial charge in [0.25, 0.3) is 11.8 Å². The third kappa shape index (κ3) is 7.73. The average Bonchev–Trinajstić information content (AvgIpc) is 2.96. The van der Waals surface area contributed by atoms with Gasteiger partial charge in [-0.2, -0.15) is 0 Å². The minimum absolute atomic E-state index is 0.0341. The van der Waals surface area contributed by atoms with Crippen LogP contribution in [0.25, 0.3) is 0 Å². The number of hydrogen-bond donors (Lipinski definition) is 0. The first-order chi connectivity index (χ1) is 12.7. The lowest BCUT2D eigenvalue weighted by Crippen LogP contribution is -2.32. The zero-order valence-corrected chi connectivity index (χ0v) is 15.8. The lowest BCUT2D eigenvalue weighted by atomic mass is 10.4. The maximum absolute atomic E-state index is 11.5. The van der Waals surface area contributed by atoms with Crippen LogP contribution in [0, 0.1) is 0 Å². The Labute approximate surface area is 159 Å². The Balaban J connectivity index is 1.39. The molecule has 1 aromatic heterocycles. The van der Waals surface area contributed by atoms with Crippen LogP contribution in [0.1, 0.15) is 19.3 Å². The van der Waals surface area contributed by atoms with Crippen molar-refractivity contribution in [3.8, 4) is 0 Å². The van der Waals surface area contributed by atoms with Gasteiger partial charge in [-0.25, -0.2) is 9.78 Å². The van der Waals surface area contributed by atoms with Crippen molar-refractivity contribution < 1.29 is 28.7 Å². The van der Waals surface area contributed by atoms with Gasteiger partial charge in [-0.05, 0) is 22.9 Å². The molecule has 0 aliphatic carbocycles. The molecular weight excluding hydrogens is 380 g/mol. The third-order valence-corrected chi connectivity index (χ3v) is 5.34. The van der Waals surface area contributed by atoms with E-state index >= 15 is 0 Å². The molecule has 8 nitrogen and oxygen atoms in total. The fourth-order valence-electron chi connectivity index (χ4n) is 1.87. The van der Waals surface area contributed by atoms with Gasteiger partial charge in [-0.15, -0.1) is 5.06 Å². The molecule has 142 valence electrons. The van der Waals surface area contributed by atoms with Gasteiger partial charge < -0.3 is 14.3 Å². The van der Waals surface area contributed by atoms with Gasteiger partial charge in [0.2, 0.25) is 0 Å². The van der Waals surface area contributed by atoms with Crippen LogP contribution in [-0.2, 0) is 28.7 Å². The molecule has 0 bridgehead atoms. The number of imide groups is 1. The fourth-order valence-corrected chi connectivity index (χ4v) is 3.61. The summed E-state index contributed by atoms with van der Waals surface area (Å²) in [7, 11) is 3.26. The molecule has 0 spiro atoms. The standard InChI is InChI=1S/C16H20N2O6S2/c19-14-4-5-15(20)18(14)24-16(21)6-8-22-9-10-23-11-12-25-26-13-3-1-2-7-17-13/h1-3,7H,4-6,8-12H2. The number of hydrogen-bond acceptors (Lipinski definition) is 9. The van der Waals surface area contributed by atoms with E-state index in [0.717, 1.165) is 10.8 Å². The first-order valence-corrected chi connectivity index (χ1v) is 10.4. The maximum atomic E-state index is 11.5. The van der Waals surface area contributed by atoms with Gasteiger partial charge in [0.1, 0.15) is 5.03 Å². The summed E-state index contributed by atoms with van der Waals surface area (Å²) >= 11 is 0. The summed E-state index contributed by atoms with van der Waals surface area (Å²) in [5, 5.41) is 1.50. The number of carbonyl (C=O) groups excluding carboxylic acids is 3. The molecule has 2 heterocycles. The second-order valence-electron chi connectivity index (χ2n) is 5.09. The van der Waals surface area contributed by atoms with Crippen molar-refractivity contribution in [2.75, 3.05) is 32.2 Å². The van der Waals surface area contributed by atoms with Crippen LogP contribution in [0.15, 0.2) is 29.4 Å². The van der Waals surface area contributed by atoms with Crippen molar-refractivity contribution in [2.24, 2.45) is 0 Å². The van der Waals surface area contributed by atoms with Gasteiger partial charge in [-0.3, -0.25) is 9.59 Å². The summed E-state index contributed by atoms with van der Waals surface area (Å²) in [6.45, 7) is 1.51. The number of hydroxylamine groups is 2. The number of nitrogens with zero attached hydrogens (tertiary/aromatic N) is 2. The van der Waals surface area contributed by atoms with Crippen molar-refractivity contribution in [1.29, 1.82) is 0 Å². The van der Waals surface area contributed by atoms with E-state index in [1.165, 1.54) is 0 Å². The molecular formula is C16H20N2O6S2. The summed E-state index contributed by atoms with van der Waals surface area (Å²) < 4.78 is 10.7. The highest BCUT2D eigenvalue weighted by Crippen LogP contribution is 2.28. The zero-order chi connectivity index (χ0) is 18.6. The molecule has 0 N–H and O–H groups in total. The normalized spacial score (nSPS) is 14.1. The minimum Gasteiger partial charge on any atom is -0.378 e. The zero-order valence-electron chi connectivity index (χ0n) is 14.1. The van der Waals surface area contributed by atoms with Crippen molar-refractivity contribution in [3.05, 3.63) is 24.4 Å². The summed E-state index contributed by atoms with van der Waals surface area (Å²) in [5.41, 5.74) is 0. The van der Waals surface area contributed by atoms with E-state index in [2.05, 4.69) is 4.98 Å². The van der Waals surface area contributed by atoms with Gasteiger partial charge in [-0.1, -0.05) is 16.9 Å². The Bertz CT molecular complexity index is 586. The van der Waals surface area contributed by atoms with Crippen molar-refractivity contribution in [2.45, 2.75) is 24.3 Å². The Kier molecular flexibility index (Phi) is 9.46. The SMILES string of the molecule is O=C(CCOCCOCCSSc1ccccn1)ON1C(=O)CCC1=O. The van der Waals surface area contributed by atoms with E-state index in [9.17, 15) is 14.4 Å². The first-order valence-electron chi connectivity index (χ1n) is 8.09. The molecule has 0 unspecified atom stereocenters. The molecule has 1 fully saturated rings. The van der Waals surface area contributed by atoms with Gasteiger partial charge in [0.15, 0.2) is 0 Å². The number of ether oxygens (including phenoxy) is 2. The second kappa shape index (κ2) is 11.9. The van der Waals surface area contributed by atoms with E-state index in [-0.39, 0.29) is 25.9 Å². The van der Waals surface area contributed by atoms with Crippen LogP contribution in [0.3, 0.4) is 0 Å². The van der Waals surface area contributed by atoms with Crippen LogP contribution in [-0.4, -0.2) is 60.0 Å². The summed E-state index contributed by atoms with van der Waals surface area (Å²) in [6, 6.07) is 5.77. The van der Waals surface area contributed by atoms with Gasteiger partial charge in [0.05, 0.1) is 32.8 Å². The van der Waals surface area contributed by atoms with E-state index in [0.29, 0.717) is 24.9 Å². The van der Waals surface area contributed by atoms with Crippen LogP contribution in [0.4, 0.5) is 0 Å². The van der Waals surface area contributed by atoms with Crippen molar-refractivity contribution in [1.82, 2.24) is 10.0 Å². The lowest BCUT2D eigenvalue weighted by molar-refractivity contribution is -0.198. The highest BCUT2D eigenvalue weighted by molar-refractivity contribution is 8.76. The lowest BCUT2D eigenvalue weighted by Gasteiger charge is -2.12. The van der Waals surface area contributed by atoms with Crippen molar-refractivity contribution in [3.63, 3.8) is 0 Å². The Hall–Kier alpha value is -1.62. The molecule has 2 amide bonds. The van der Waals surface area contributed by atoms with Crippen LogP contribution < -0.4 is 0 Å². The number of carbonyl (C=O) groups is 3. The molecule has 1 saturated heterocycles. The monoisotopic (exact) mass is 400 g/mol. The number of pyridine rings is 1. The fraction of sp³-hybridized carbons (Fsp3) is 0.500. The smallest absolute Gasteiger partial charge is 0.335 e. The topological polar surface area (TPSA) is 95.0 Å². The van der Waals surface area contributed by atoms with E-state index in [1.54, 1.807) is 27.8 Å². The largest absolute Gasteiger partial charge is 0.378 e. The molecule has 0 aromatic carbocycles. The predicted octanol–water partition coefficient (Wildman–Crippen LogP) is 1.85. The van der Waals surface area contributed by atoms with E-state index in [4.69, 9.17) is 14.3 Å². The Morgan fingerprint density at radius 3 is 2.50 bits per heavy atom. The molecule has 0 atom stereocenters. The number of amides is 2. The molecule has 0 radical (unpaired) electrons. The van der Waals surface area contributed by atoms with Crippen LogP contribution in [0.2, 0.25) is 0 Å². The Morgan fingerprint density at radius 1 is 1.08 bits per heavy atom. The molecule has 1 aliphatic rings. The third-order valence-electron chi connectivity index (χ3n) is 3.11. The second-order valence-corrected chi connectivity index (χ2v) is 7.53. The average molecular weight is 400 g/mol. The summed E-state index contributed by atoms with van der Waals surface area (Å²) in [5.74, 6) is -0.822. The van der Waals surface area contributed by atoms with E-state index < -0.39 is 17.8 Å². The minimum atomic E-state index is -0.669. The predicted molar refractivity (Wildman–Crippen MR) is 96.0 cm³/mol. The quantitative estimate of drug-likeness (QED) is 0.296. The Morgan fingerprint density at radius 2 is 1.81 bits per heavy atom. The number of aromatic nitrogens is 1. The summed E-state index contributed by atoms with van der Waals surface area (Å²) in [4.78, 5) is 43.0. The van der Waals surface area contributed by atoms with Gasteiger partial charge in [0, 0.05) is 24.8 Å². The van der Waals surface area contributed by atoms with E-state index in [1.807, 2.05) is 18.2 Å². The highest BCUT2D eigenvalue weighted by Gasteiger charge is 2.32. The summed E-state index contributed by atoms with van der Waals surface area (Å²) in [6.07, 6.45) is 1.89. The maximum Gasteiger partial charge on any atom is 0.335 e. The molecule has 1 aromatic rings. The molecule has 0 saturated carbocycles. The van der Waals surface area contributed by atoms with Crippen molar-refractivity contribution >= 4 is 39.4 Å². The molecule has 10 heteroatoms. The first kappa shape index (κ1) is 20.7.